The fraction of sp³-hybridized carbons (Fsp3) is 0.318. The molecule has 1 amide bonds. The summed E-state index contributed by atoms with van der Waals surface area (Å²) in [6.45, 7) is 4.85. The van der Waals surface area contributed by atoms with Gasteiger partial charge < -0.3 is 15.4 Å². The molecule has 0 saturated carbocycles. The first-order valence-corrected chi connectivity index (χ1v) is 10.2. The van der Waals surface area contributed by atoms with Crippen molar-refractivity contribution in [1.82, 2.24) is 10.3 Å². The van der Waals surface area contributed by atoms with Gasteiger partial charge in [-0.2, -0.15) is 0 Å². The number of hydrogen-bond donors (Lipinski definition) is 3. The minimum absolute atomic E-state index is 0.00304. The van der Waals surface area contributed by atoms with Crippen LogP contribution in [0.25, 0.3) is 4.91 Å². The number of carbonyl (C=O) groups is 1. The number of allylic oxidation sites excluding steroid dienone is 2. The molecule has 4 nitrogen and oxygen atoms in total. The van der Waals surface area contributed by atoms with Crippen molar-refractivity contribution in [2.45, 2.75) is 39.0 Å². The van der Waals surface area contributed by atoms with Crippen LogP contribution in [0.3, 0.4) is 0 Å². The summed E-state index contributed by atoms with van der Waals surface area (Å²) in [4.78, 5) is 17.8. The van der Waals surface area contributed by atoms with Crippen molar-refractivity contribution in [3.8, 4) is 5.75 Å². The molecule has 1 aliphatic heterocycles. The molecule has 1 atom stereocenters. The van der Waals surface area contributed by atoms with Crippen LogP contribution in [0, 0.1) is 0 Å². The van der Waals surface area contributed by atoms with Crippen molar-refractivity contribution >= 4 is 22.6 Å². The van der Waals surface area contributed by atoms with Crippen LogP contribution in [0.1, 0.15) is 50.2 Å². The lowest BCUT2D eigenvalue weighted by Gasteiger charge is -2.18. The lowest BCUT2D eigenvalue weighted by molar-refractivity contribution is -0.116. The lowest BCUT2D eigenvalue weighted by Crippen LogP contribution is -2.23. The van der Waals surface area contributed by atoms with Crippen LogP contribution in [0.15, 0.2) is 59.3 Å². The van der Waals surface area contributed by atoms with Crippen molar-refractivity contribution in [3.05, 3.63) is 70.4 Å². The average molecular weight is 383 g/mol. The normalized spacial score (nSPS) is 18.4. The maximum absolute atomic E-state index is 12.8. The third-order valence-corrected chi connectivity index (χ3v) is 6.15. The molecule has 5 heteroatoms. The van der Waals surface area contributed by atoms with Crippen LogP contribution in [0.4, 0.5) is 0 Å². The van der Waals surface area contributed by atoms with Gasteiger partial charge in [-0.15, -0.1) is 0 Å². The standard InChI is InChI=1S/C22H26N2O2S/c1-3-4-5-20(17-10-12-23-14-17)27-21-15(2)19(11-13-24-22(21)26)16-6-8-18(25)9-7-16/h5-10,12,14,19,23,25H,3-4,11,13H2,1-2H3,(H,24,26)/b20-5-. The quantitative estimate of drug-likeness (QED) is 0.645. The van der Waals surface area contributed by atoms with Crippen molar-refractivity contribution in [3.63, 3.8) is 0 Å². The van der Waals surface area contributed by atoms with Crippen molar-refractivity contribution < 1.29 is 9.90 Å². The van der Waals surface area contributed by atoms with Gasteiger partial charge >= 0.3 is 0 Å². The first kappa shape index (κ1) is 19.4. The Balaban J connectivity index is 1.97. The van der Waals surface area contributed by atoms with Gasteiger partial charge in [-0.3, -0.25) is 4.79 Å². The third-order valence-electron chi connectivity index (χ3n) is 4.81. The molecule has 27 heavy (non-hydrogen) atoms. The number of thioether (sulfide) groups is 1. The predicted octanol–water partition coefficient (Wildman–Crippen LogP) is 5.17. The second-order valence-electron chi connectivity index (χ2n) is 6.76. The van der Waals surface area contributed by atoms with Crippen molar-refractivity contribution in [2.75, 3.05) is 6.54 Å². The molecule has 0 aliphatic carbocycles. The summed E-state index contributed by atoms with van der Waals surface area (Å²) in [5, 5.41) is 12.6. The summed E-state index contributed by atoms with van der Waals surface area (Å²) in [5.74, 6) is 0.414. The highest BCUT2D eigenvalue weighted by molar-refractivity contribution is 8.12. The number of phenolic OH excluding ortho intramolecular Hbond substituents is 1. The zero-order chi connectivity index (χ0) is 19.2. The molecule has 0 bridgehead atoms. The number of aromatic hydroxyl groups is 1. The number of nitrogens with one attached hydrogen (secondary N) is 2. The summed E-state index contributed by atoms with van der Waals surface area (Å²) in [6, 6.07) is 9.35. The van der Waals surface area contributed by atoms with Crippen molar-refractivity contribution in [2.24, 2.45) is 0 Å². The topological polar surface area (TPSA) is 65.1 Å². The summed E-state index contributed by atoms with van der Waals surface area (Å²) in [7, 11) is 0. The zero-order valence-corrected chi connectivity index (χ0v) is 16.6. The Kier molecular flexibility index (Phi) is 6.45. The number of aromatic amines is 1. The first-order chi connectivity index (χ1) is 13.1. The Bertz CT molecular complexity index is 836. The Hall–Kier alpha value is -2.40. The fourth-order valence-corrected chi connectivity index (χ4v) is 4.43. The van der Waals surface area contributed by atoms with Gasteiger partial charge in [0.15, 0.2) is 0 Å². The van der Waals surface area contributed by atoms with Gasteiger partial charge in [0.05, 0.1) is 4.91 Å². The van der Waals surface area contributed by atoms with Gasteiger partial charge in [0.2, 0.25) is 0 Å². The highest BCUT2D eigenvalue weighted by atomic mass is 32.2. The van der Waals surface area contributed by atoms with E-state index in [0.717, 1.165) is 45.8 Å². The molecule has 0 radical (unpaired) electrons. The van der Waals surface area contributed by atoms with E-state index in [4.69, 9.17) is 0 Å². The van der Waals surface area contributed by atoms with E-state index in [1.54, 1.807) is 23.9 Å². The van der Waals surface area contributed by atoms with Crippen LogP contribution in [-0.2, 0) is 4.79 Å². The van der Waals surface area contributed by atoms with E-state index in [-0.39, 0.29) is 17.6 Å². The van der Waals surface area contributed by atoms with E-state index in [1.165, 1.54) is 0 Å². The summed E-state index contributed by atoms with van der Waals surface area (Å²) in [6.07, 6.45) is 8.98. The third kappa shape index (κ3) is 4.66. The predicted molar refractivity (Wildman–Crippen MR) is 112 cm³/mol. The number of hydrogen-bond acceptors (Lipinski definition) is 3. The molecule has 2 aromatic rings. The number of phenols is 1. The molecule has 0 saturated heterocycles. The number of unbranched alkanes of at least 4 members (excludes halogenated alkanes) is 1. The lowest BCUT2D eigenvalue weighted by atomic mass is 9.89. The van der Waals surface area contributed by atoms with Gasteiger partial charge in [0, 0.05) is 35.3 Å². The summed E-state index contributed by atoms with van der Waals surface area (Å²) < 4.78 is 0. The van der Waals surface area contributed by atoms with E-state index in [9.17, 15) is 9.90 Å². The molecule has 1 unspecified atom stereocenters. The van der Waals surface area contributed by atoms with Gasteiger partial charge in [-0.05, 0) is 49.1 Å². The van der Waals surface area contributed by atoms with E-state index in [0.29, 0.717) is 6.54 Å². The number of rotatable bonds is 6. The number of amides is 1. The summed E-state index contributed by atoms with van der Waals surface area (Å²) >= 11 is 1.55. The molecule has 1 aromatic heterocycles. The highest BCUT2D eigenvalue weighted by Gasteiger charge is 2.26. The number of carbonyl (C=O) groups excluding carboxylic acids is 1. The van der Waals surface area contributed by atoms with Gasteiger partial charge in [0.25, 0.3) is 5.91 Å². The van der Waals surface area contributed by atoms with Crippen LogP contribution >= 0.6 is 11.8 Å². The molecule has 0 fully saturated rings. The van der Waals surface area contributed by atoms with E-state index in [2.05, 4.69) is 30.2 Å². The Morgan fingerprint density at radius 2 is 2.07 bits per heavy atom. The SMILES string of the molecule is CCC/C=C(\SC1=C(C)C(c2ccc(O)cc2)CCNC1=O)c1cc[nH]c1. The molecule has 142 valence electrons. The Morgan fingerprint density at radius 3 is 2.74 bits per heavy atom. The number of benzene rings is 1. The largest absolute Gasteiger partial charge is 0.508 e. The molecule has 2 heterocycles. The molecule has 1 aromatic carbocycles. The second kappa shape index (κ2) is 9.00. The molecule has 3 N–H and O–H groups in total. The second-order valence-corrected chi connectivity index (χ2v) is 7.81. The average Bonchev–Trinajstić information content (AvgIpc) is 3.16. The number of aromatic nitrogens is 1. The highest BCUT2D eigenvalue weighted by Crippen LogP contribution is 2.41. The van der Waals surface area contributed by atoms with E-state index < -0.39 is 0 Å². The maximum atomic E-state index is 12.8. The Labute approximate surface area is 164 Å². The van der Waals surface area contributed by atoms with Crippen LogP contribution < -0.4 is 5.32 Å². The molecule has 0 spiro atoms. The van der Waals surface area contributed by atoms with Gasteiger partial charge in [0.1, 0.15) is 5.75 Å². The van der Waals surface area contributed by atoms with Crippen LogP contribution in [-0.4, -0.2) is 22.5 Å². The van der Waals surface area contributed by atoms with Gasteiger partial charge in [-0.25, -0.2) is 0 Å². The van der Waals surface area contributed by atoms with Gasteiger partial charge in [-0.1, -0.05) is 43.3 Å². The minimum Gasteiger partial charge on any atom is -0.508 e. The molecule has 3 rings (SSSR count). The Morgan fingerprint density at radius 1 is 1.30 bits per heavy atom. The smallest absolute Gasteiger partial charge is 0.258 e. The van der Waals surface area contributed by atoms with Crippen molar-refractivity contribution in [1.29, 1.82) is 0 Å². The molecule has 1 aliphatic rings. The first-order valence-electron chi connectivity index (χ1n) is 9.39. The summed E-state index contributed by atoms with van der Waals surface area (Å²) in [5.41, 5.74) is 3.31. The minimum atomic E-state index is -0.00304. The maximum Gasteiger partial charge on any atom is 0.258 e. The van der Waals surface area contributed by atoms with Crippen LogP contribution in [0.2, 0.25) is 0 Å². The van der Waals surface area contributed by atoms with E-state index in [1.807, 2.05) is 30.6 Å². The molecular weight excluding hydrogens is 356 g/mol. The molecular formula is C22H26N2O2S. The monoisotopic (exact) mass is 382 g/mol. The van der Waals surface area contributed by atoms with E-state index >= 15 is 0 Å². The number of H-pyrrole nitrogens is 1. The fourth-order valence-electron chi connectivity index (χ4n) is 3.30. The zero-order valence-electron chi connectivity index (χ0n) is 15.8. The van der Waals surface area contributed by atoms with Crippen LogP contribution in [0.5, 0.6) is 5.75 Å².